The van der Waals surface area contributed by atoms with Crippen LogP contribution in [0.2, 0.25) is 0 Å². The number of nitrogens with one attached hydrogen (secondary N) is 1. The quantitative estimate of drug-likeness (QED) is 0.761. The fourth-order valence-corrected chi connectivity index (χ4v) is 2.04. The molecule has 0 aliphatic rings. The smallest absolute Gasteiger partial charge is 0.119 e. The second-order valence-corrected chi connectivity index (χ2v) is 4.90. The number of methoxy groups -OCH3 is 1. The maximum atomic E-state index is 8.77. The van der Waals surface area contributed by atoms with Crippen LogP contribution in [0.4, 0.5) is 0 Å². The normalized spacial score (nSPS) is 10.2. The molecule has 2 rings (SSSR count). The minimum atomic E-state index is 0.554. The summed E-state index contributed by atoms with van der Waals surface area (Å²) in [5.74, 6) is 0.856. The summed E-state index contributed by atoms with van der Waals surface area (Å²) in [5, 5.41) is 12.2. The zero-order valence-electron chi connectivity index (χ0n) is 12.7. The van der Waals surface area contributed by atoms with Crippen LogP contribution in [0.3, 0.4) is 0 Å². The van der Waals surface area contributed by atoms with Crippen molar-refractivity contribution in [1.29, 1.82) is 5.26 Å². The van der Waals surface area contributed by atoms with E-state index in [0.717, 1.165) is 24.4 Å². The average molecular weight is 296 g/mol. The molecule has 0 aromatic heterocycles. The molecule has 0 atom stereocenters. The van der Waals surface area contributed by atoms with Gasteiger partial charge in [-0.05, 0) is 35.4 Å². The van der Waals surface area contributed by atoms with Crippen molar-refractivity contribution in [3.8, 4) is 11.8 Å². The summed E-state index contributed by atoms with van der Waals surface area (Å²) in [7, 11) is 1.66. The number of benzene rings is 2. The lowest BCUT2D eigenvalue weighted by Gasteiger charge is -2.09. The number of hydrogen-bond acceptors (Lipinski definition) is 4. The molecule has 0 heterocycles. The molecule has 0 aliphatic heterocycles. The van der Waals surface area contributed by atoms with Crippen molar-refractivity contribution in [2.75, 3.05) is 20.3 Å². The molecule has 4 heteroatoms. The van der Waals surface area contributed by atoms with E-state index in [0.29, 0.717) is 18.8 Å². The van der Waals surface area contributed by atoms with Gasteiger partial charge in [0.15, 0.2) is 0 Å². The zero-order chi connectivity index (χ0) is 15.6. The number of hydrogen-bond donors (Lipinski definition) is 1. The van der Waals surface area contributed by atoms with Crippen LogP contribution in [0.15, 0.2) is 48.5 Å². The Balaban J connectivity index is 1.80. The molecule has 0 aliphatic carbocycles. The summed E-state index contributed by atoms with van der Waals surface area (Å²) in [4.78, 5) is 0. The minimum Gasteiger partial charge on any atom is -0.491 e. The van der Waals surface area contributed by atoms with Crippen LogP contribution in [0.25, 0.3) is 0 Å². The van der Waals surface area contributed by atoms with Gasteiger partial charge in [-0.3, -0.25) is 0 Å². The highest BCUT2D eigenvalue weighted by Crippen LogP contribution is 2.13. The molecule has 0 spiro atoms. The molecule has 0 bridgehead atoms. The van der Waals surface area contributed by atoms with Crippen molar-refractivity contribution < 1.29 is 9.47 Å². The van der Waals surface area contributed by atoms with E-state index in [2.05, 4.69) is 17.5 Å². The van der Waals surface area contributed by atoms with Crippen molar-refractivity contribution in [3.05, 3.63) is 65.2 Å². The topological polar surface area (TPSA) is 54.3 Å². The number of nitrogens with zero attached hydrogens (tertiary/aromatic N) is 1. The first-order valence-electron chi connectivity index (χ1n) is 7.22. The third-order valence-electron chi connectivity index (χ3n) is 3.20. The standard InChI is InChI=1S/C18H20N2O2/c1-21-9-10-22-18-4-2-3-17(11-18)14-20-13-16-7-5-15(12-19)6-8-16/h2-8,11,20H,9-10,13-14H2,1H3. The highest BCUT2D eigenvalue weighted by Gasteiger charge is 1.98. The van der Waals surface area contributed by atoms with Gasteiger partial charge in [0.25, 0.3) is 0 Å². The van der Waals surface area contributed by atoms with Crippen LogP contribution in [0.1, 0.15) is 16.7 Å². The molecule has 2 aromatic carbocycles. The highest BCUT2D eigenvalue weighted by atomic mass is 16.5. The predicted octanol–water partition coefficient (Wildman–Crippen LogP) is 2.87. The van der Waals surface area contributed by atoms with Crippen LogP contribution >= 0.6 is 0 Å². The lowest BCUT2D eigenvalue weighted by atomic mass is 10.1. The van der Waals surface area contributed by atoms with Crippen LogP contribution in [-0.4, -0.2) is 20.3 Å². The Hall–Kier alpha value is -2.35. The molecule has 0 saturated heterocycles. The molecule has 0 saturated carbocycles. The van der Waals surface area contributed by atoms with Crippen LogP contribution in [0, 0.1) is 11.3 Å². The van der Waals surface area contributed by atoms with E-state index in [1.165, 1.54) is 5.56 Å². The molecule has 0 amide bonds. The second kappa shape index (κ2) is 8.83. The zero-order valence-corrected chi connectivity index (χ0v) is 12.7. The summed E-state index contributed by atoms with van der Waals surface area (Å²) in [6, 6.07) is 17.8. The SMILES string of the molecule is COCCOc1cccc(CNCc2ccc(C#N)cc2)c1. The summed E-state index contributed by atoms with van der Waals surface area (Å²) < 4.78 is 10.6. The van der Waals surface area contributed by atoms with E-state index in [1.54, 1.807) is 7.11 Å². The Labute approximate surface area is 131 Å². The molecular weight excluding hydrogens is 276 g/mol. The van der Waals surface area contributed by atoms with E-state index in [-0.39, 0.29) is 0 Å². The fraction of sp³-hybridized carbons (Fsp3) is 0.278. The van der Waals surface area contributed by atoms with Crippen molar-refractivity contribution in [2.45, 2.75) is 13.1 Å². The highest BCUT2D eigenvalue weighted by molar-refractivity contribution is 5.32. The molecule has 1 N–H and O–H groups in total. The summed E-state index contributed by atoms with van der Waals surface area (Å²) >= 11 is 0. The van der Waals surface area contributed by atoms with Crippen molar-refractivity contribution >= 4 is 0 Å². The lowest BCUT2D eigenvalue weighted by molar-refractivity contribution is 0.146. The second-order valence-electron chi connectivity index (χ2n) is 4.90. The van der Waals surface area contributed by atoms with Crippen molar-refractivity contribution in [3.63, 3.8) is 0 Å². The van der Waals surface area contributed by atoms with E-state index in [1.807, 2.05) is 42.5 Å². The van der Waals surface area contributed by atoms with Crippen molar-refractivity contribution in [1.82, 2.24) is 5.32 Å². The van der Waals surface area contributed by atoms with E-state index in [4.69, 9.17) is 14.7 Å². The van der Waals surface area contributed by atoms with E-state index in [9.17, 15) is 0 Å². The molecule has 22 heavy (non-hydrogen) atoms. The maximum Gasteiger partial charge on any atom is 0.119 e. The number of nitriles is 1. The molecule has 0 unspecified atom stereocenters. The first-order chi connectivity index (χ1) is 10.8. The Morgan fingerprint density at radius 2 is 1.77 bits per heavy atom. The molecule has 114 valence electrons. The Morgan fingerprint density at radius 3 is 2.50 bits per heavy atom. The summed E-state index contributed by atoms with van der Waals surface area (Å²) in [6.45, 7) is 2.67. The van der Waals surface area contributed by atoms with Gasteiger partial charge in [0.05, 0.1) is 18.2 Å². The van der Waals surface area contributed by atoms with Crippen LogP contribution in [0.5, 0.6) is 5.75 Å². The molecule has 0 radical (unpaired) electrons. The summed E-state index contributed by atoms with van der Waals surface area (Å²) in [5.41, 5.74) is 3.01. The largest absolute Gasteiger partial charge is 0.491 e. The first kappa shape index (κ1) is 16.0. The van der Waals surface area contributed by atoms with E-state index >= 15 is 0 Å². The molecule has 4 nitrogen and oxygen atoms in total. The van der Waals surface area contributed by atoms with Gasteiger partial charge in [-0.15, -0.1) is 0 Å². The van der Waals surface area contributed by atoms with Gasteiger partial charge in [0.1, 0.15) is 12.4 Å². The van der Waals surface area contributed by atoms with E-state index < -0.39 is 0 Å². The fourth-order valence-electron chi connectivity index (χ4n) is 2.04. The Kier molecular flexibility index (Phi) is 6.43. The van der Waals surface area contributed by atoms with Gasteiger partial charge >= 0.3 is 0 Å². The van der Waals surface area contributed by atoms with Gasteiger partial charge in [-0.2, -0.15) is 5.26 Å². The van der Waals surface area contributed by atoms with Gasteiger partial charge < -0.3 is 14.8 Å². The Morgan fingerprint density at radius 1 is 1.00 bits per heavy atom. The number of rotatable bonds is 8. The minimum absolute atomic E-state index is 0.554. The predicted molar refractivity (Wildman–Crippen MR) is 85.5 cm³/mol. The third kappa shape index (κ3) is 5.21. The summed E-state index contributed by atoms with van der Waals surface area (Å²) in [6.07, 6.45) is 0. The van der Waals surface area contributed by atoms with Gasteiger partial charge in [-0.25, -0.2) is 0 Å². The lowest BCUT2D eigenvalue weighted by Crippen LogP contribution is -2.12. The molecule has 2 aromatic rings. The van der Waals surface area contributed by atoms with Gasteiger partial charge in [0.2, 0.25) is 0 Å². The molecular formula is C18H20N2O2. The molecule has 0 fully saturated rings. The third-order valence-corrected chi connectivity index (χ3v) is 3.20. The van der Waals surface area contributed by atoms with Crippen LogP contribution in [-0.2, 0) is 17.8 Å². The monoisotopic (exact) mass is 296 g/mol. The van der Waals surface area contributed by atoms with Crippen molar-refractivity contribution in [2.24, 2.45) is 0 Å². The number of ether oxygens (including phenoxy) is 2. The Bertz CT molecular complexity index is 618. The van der Waals surface area contributed by atoms with Gasteiger partial charge in [-0.1, -0.05) is 24.3 Å². The first-order valence-corrected chi connectivity index (χ1v) is 7.22. The maximum absolute atomic E-state index is 8.77. The van der Waals surface area contributed by atoms with Crippen LogP contribution < -0.4 is 10.1 Å². The average Bonchev–Trinajstić information content (AvgIpc) is 2.56. The van der Waals surface area contributed by atoms with Gasteiger partial charge in [0, 0.05) is 20.2 Å².